The fourth-order valence-electron chi connectivity index (χ4n) is 3.99. The summed E-state index contributed by atoms with van der Waals surface area (Å²) in [6, 6.07) is 8.91. The van der Waals surface area contributed by atoms with E-state index >= 15 is 0 Å². The third-order valence-corrected chi connectivity index (χ3v) is 6.54. The summed E-state index contributed by atoms with van der Waals surface area (Å²) in [7, 11) is -4.08. The number of aromatic nitrogens is 4. The quantitative estimate of drug-likeness (QED) is 0.365. The Kier molecular flexibility index (Phi) is 7.57. The average Bonchev–Trinajstić information content (AvgIpc) is 3.38. The number of anilines is 1. The molecule has 1 fully saturated rings. The highest BCUT2D eigenvalue weighted by Crippen LogP contribution is 2.33. The van der Waals surface area contributed by atoms with Crippen LogP contribution in [0.3, 0.4) is 0 Å². The Morgan fingerprint density at radius 2 is 2.18 bits per heavy atom. The molecule has 2 aromatic heterocycles. The summed E-state index contributed by atoms with van der Waals surface area (Å²) >= 11 is 3.45. The molecule has 4 rings (SSSR count). The third-order valence-electron chi connectivity index (χ3n) is 5.58. The monoisotopic (exact) mass is 554 g/mol. The van der Waals surface area contributed by atoms with E-state index in [1.807, 2.05) is 24.3 Å². The molecule has 4 N–H and O–H groups in total. The number of nitrogens with one attached hydrogen (secondary N) is 1. The molecule has 1 saturated carbocycles. The van der Waals surface area contributed by atoms with E-state index in [2.05, 4.69) is 40.5 Å². The van der Waals surface area contributed by atoms with E-state index in [1.54, 1.807) is 16.9 Å². The van der Waals surface area contributed by atoms with E-state index in [0.717, 1.165) is 10.0 Å². The van der Waals surface area contributed by atoms with E-state index < -0.39 is 28.6 Å². The smallest absolute Gasteiger partial charge is 0.333 e. The van der Waals surface area contributed by atoms with E-state index in [0.29, 0.717) is 24.2 Å². The molecule has 1 aliphatic rings. The lowest BCUT2D eigenvalue weighted by Gasteiger charge is -2.19. The van der Waals surface area contributed by atoms with Crippen molar-refractivity contribution in [3.63, 3.8) is 0 Å². The van der Waals surface area contributed by atoms with E-state index in [-0.39, 0.29) is 24.8 Å². The van der Waals surface area contributed by atoms with Crippen LogP contribution >= 0.6 is 15.9 Å². The molecule has 0 aliphatic heterocycles. The zero-order valence-electron chi connectivity index (χ0n) is 18.0. The first-order chi connectivity index (χ1) is 16.2. The summed E-state index contributed by atoms with van der Waals surface area (Å²) in [4.78, 5) is 8.18. The van der Waals surface area contributed by atoms with Crippen molar-refractivity contribution >= 4 is 32.1 Å². The highest BCUT2D eigenvalue weighted by Gasteiger charge is 2.36. The molecule has 1 unspecified atom stereocenters. The van der Waals surface area contributed by atoms with E-state index in [4.69, 9.17) is 5.14 Å². The van der Waals surface area contributed by atoms with Crippen molar-refractivity contribution in [3.8, 4) is 0 Å². The normalized spacial score (nSPS) is 21.5. The second-order valence-corrected chi connectivity index (χ2v) is 10.3. The van der Waals surface area contributed by atoms with Gasteiger partial charge in [-0.3, -0.25) is 8.86 Å². The Hall–Kier alpha value is -2.45. The van der Waals surface area contributed by atoms with Crippen LogP contribution in [-0.2, 0) is 21.0 Å². The Morgan fingerprint density at radius 3 is 2.94 bits per heavy atom. The molecule has 34 heavy (non-hydrogen) atoms. The standard InChI is InChI=1S/C21H24BrFN6O4S/c22-15-3-1-2-13(6-15)10-29-5-4-18(28-29)20(30)16-9-25-12-26-21(16)27-19-8-14(7-17(19)23)11-33-34(24,31)32/h1-6,9,12,14,17,19-20,30H,7-8,10-11H2,(H2,24,31,32)(H,25,26,27)/t14-,17+,19-,20?/m1/s1. The first kappa shape index (κ1) is 24.7. The van der Waals surface area contributed by atoms with Crippen LogP contribution in [0.15, 0.2) is 53.5 Å². The maximum absolute atomic E-state index is 14.6. The summed E-state index contributed by atoms with van der Waals surface area (Å²) in [6.45, 7) is 0.336. The number of nitrogens with zero attached hydrogens (tertiary/aromatic N) is 4. The molecule has 0 bridgehead atoms. The maximum atomic E-state index is 14.6. The summed E-state index contributed by atoms with van der Waals surface area (Å²) in [5.41, 5.74) is 1.79. The SMILES string of the molecule is NS(=O)(=O)OC[C@@H]1C[C@H](F)[C@H](Nc2ncncc2C(O)c2ccn(Cc3cccc(Br)c3)n2)C1. The van der Waals surface area contributed by atoms with Gasteiger partial charge in [0.15, 0.2) is 0 Å². The summed E-state index contributed by atoms with van der Waals surface area (Å²) in [6.07, 6.45) is 2.58. The Labute approximate surface area is 204 Å². The van der Waals surface area contributed by atoms with Crippen LogP contribution < -0.4 is 10.5 Å². The average molecular weight is 555 g/mol. The van der Waals surface area contributed by atoms with Crippen molar-refractivity contribution in [3.05, 3.63) is 70.3 Å². The highest BCUT2D eigenvalue weighted by atomic mass is 79.9. The third kappa shape index (κ3) is 6.36. The molecule has 0 spiro atoms. The van der Waals surface area contributed by atoms with Crippen molar-refractivity contribution < 1.29 is 22.1 Å². The van der Waals surface area contributed by atoms with Crippen LogP contribution in [-0.4, -0.2) is 52.1 Å². The summed E-state index contributed by atoms with van der Waals surface area (Å²) in [5, 5.41) is 23.3. The van der Waals surface area contributed by atoms with Gasteiger partial charge in [-0.25, -0.2) is 19.5 Å². The van der Waals surface area contributed by atoms with E-state index in [1.165, 1.54) is 12.5 Å². The van der Waals surface area contributed by atoms with Crippen LogP contribution in [0.25, 0.3) is 0 Å². The van der Waals surface area contributed by atoms with Crippen LogP contribution in [0.5, 0.6) is 0 Å². The van der Waals surface area contributed by atoms with E-state index in [9.17, 15) is 17.9 Å². The van der Waals surface area contributed by atoms with Crippen molar-refractivity contribution in [2.24, 2.45) is 11.1 Å². The van der Waals surface area contributed by atoms with Crippen LogP contribution in [0.2, 0.25) is 0 Å². The van der Waals surface area contributed by atoms with Gasteiger partial charge < -0.3 is 10.4 Å². The van der Waals surface area contributed by atoms with Gasteiger partial charge in [-0.2, -0.15) is 13.5 Å². The molecule has 13 heteroatoms. The minimum Gasteiger partial charge on any atom is -0.382 e. The summed E-state index contributed by atoms with van der Waals surface area (Å²) in [5.74, 6) is -0.0422. The number of hydrogen-bond acceptors (Lipinski definition) is 8. The number of hydrogen-bond donors (Lipinski definition) is 3. The number of aliphatic hydroxyl groups is 1. The van der Waals surface area contributed by atoms with Gasteiger partial charge >= 0.3 is 10.3 Å². The van der Waals surface area contributed by atoms with Crippen LogP contribution in [0.1, 0.15) is 35.8 Å². The predicted octanol–water partition coefficient (Wildman–Crippen LogP) is 2.31. The molecule has 0 radical (unpaired) electrons. The summed E-state index contributed by atoms with van der Waals surface area (Å²) < 4.78 is 43.9. The molecule has 3 aromatic rings. The molecular weight excluding hydrogens is 531 g/mol. The topological polar surface area (TPSA) is 145 Å². The highest BCUT2D eigenvalue weighted by molar-refractivity contribution is 9.10. The Balaban J connectivity index is 1.45. The molecule has 10 nitrogen and oxygen atoms in total. The zero-order valence-corrected chi connectivity index (χ0v) is 20.4. The van der Waals surface area contributed by atoms with Gasteiger partial charge in [-0.1, -0.05) is 28.1 Å². The molecule has 2 heterocycles. The fraction of sp³-hybridized carbons (Fsp3) is 0.381. The van der Waals surface area contributed by atoms with Crippen molar-refractivity contribution in [2.75, 3.05) is 11.9 Å². The fourth-order valence-corrected chi connectivity index (χ4v) is 4.82. The second-order valence-electron chi connectivity index (χ2n) is 8.18. The number of benzene rings is 1. The Morgan fingerprint density at radius 1 is 1.35 bits per heavy atom. The predicted molar refractivity (Wildman–Crippen MR) is 126 cm³/mol. The second kappa shape index (κ2) is 10.4. The number of halogens is 2. The Bertz CT molecular complexity index is 1240. The largest absolute Gasteiger partial charge is 0.382 e. The van der Waals surface area contributed by atoms with Gasteiger partial charge in [0, 0.05) is 22.4 Å². The molecular formula is C21H24BrFN6O4S. The minimum atomic E-state index is -4.08. The minimum absolute atomic E-state index is 0.121. The van der Waals surface area contributed by atoms with Gasteiger partial charge in [-0.05, 0) is 42.5 Å². The number of nitrogens with two attached hydrogens (primary N) is 1. The van der Waals surface area contributed by atoms with Crippen molar-refractivity contribution in [1.29, 1.82) is 0 Å². The van der Waals surface area contributed by atoms with Gasteiger partial charge in [0.25, 0.3) is 0 Å². The lowest BCUT2D eigenvalue weighted by molar-refractivity contribution is 0.213. The lowest BCUT2D eigenvalue weighted by Crippen LogP contribution is -2.27. The first-order valence-electron chi connectivity index (χ1n) is 10.5. The molecule has 4 atom stereocenters. The van der Waals surface area contributed by atoms with Crippen LogP contribution in [0, 0.1) is 5.92 Å². The maximum Gasteiger partial charge on any atom is 0.333 e. The van der Waals surface area contributed by atoms with Gasteiger partial charge in [0.1, 0.15) is 24.4 Å². The zero-order chi connectivity index (χ0) is 24.3. The molecule has 0 amide bonds. The van der Waals surface area contributed by atoms with Gasteiger partial charge in [-0.15, -0.1) is 0 Å². The van der Waals surface area contributed by atoms with Crippen molar-refractivity contribution in [1.82, 2.24) is 19.7 Å². The van der Waals surface area contributed by atoms with Gasteiger partial charge in [0.2, 0.25) is 0 Å². The van der Waals surface area contributed by atoms with Crippen LogP contribution in [0.4, 0.5) is 10.2 Å². The molecule has 1 aliphatic carbocycles. The molecule has 0 saturated heterocycles. The van der Waals surface area contributed by atoms with Crippen molar-refractivity contribution in [2.45, 2.75) is 37.7 Å². The number of rotatable bonds is 9. The lowest BCUT2D eigenvalue weighted by atomic mass is 10.1. The number of alkyl halides is 1. The number of aliphatic hydroxyl groups excluding tert-OH is 1. The molecule has 182 valence electrons. The van der Waals surface area contributed by atoms with Gasteiger partial charge in [0.05, 0.1) is 24.9 Å². The first-order valence-corrected chi connectivity index (χ1v) is 12.8. The molecule has 1 aromatic carbocycles.